The second-order valence-corrected chi connectivity index (χ2v) is 3.71. The zero-order chi connectivity index (χ0) is 10.1. The fourth-order valence-corrected chi connectivity index (χ4v) is 1.75. The number of aromatic nitrogens is 1. The van der Waals surface area contributed by atoms with E-state index in [4.69, 9.17) is 17.3 Å². The Kier molecular flexibility index (Phi) is 3.91. The normalized spacial score (nSPS) is 12.2. The molecule has 2 nitrogen and oxygen atoms in total. The maximum atomic E-state index is 6.01. The van der Waals surface area contributed by atoms with Gasteiger partial charge in [-0.1, -0.05) is 29.8 Å². The lowest BCUT2D eigenvalue weighted by atomic mass is 10.1. The first-order chi connectivity index (χ1) is 6.68. The van der Waals surface area contributed by atoms with Gasteiger partial charge in [-0.15, -0.1) is 12.4 Å². The summed E-state index contributed by atoms with van der Waals surface area (Å²) in [6.07, 6.45) is 0. The van der Waals surface area contributed by atoms with Crippen LogP contribution in [0.2, 0.25) is 5.15 Å². The van der Waals surface area contributed by atoms with Crippen LogP contribution in [-0.4, -0.2) is 4.98 Å². The van der Waals surface area contributed by atoms with Crippen LogP contribution >= 0.6 is 24.0 Å². The molecule has 2 aromatic rings. The summed E-state index contributed by atoms with van der Waals surface area (Å²) in [5.41, 5.74) is 7.58. The number of benzene rings is 1. The van der Waals surface area contributed by atoms with Crippen molar-refractivity contribution >= 4 is 34.9 Å². The molecule has 1 heterocycles. The molecule has 1 aromatic heterocycles. The molecule has 80 valence electrons. The number of halogens is 2. The second-order valence-electron chi connectivity index (χ2n) is 3.35. The summed E-state index contributed by atoms with van der Waals surface area (Å²) in [7, 11) is 0. The van der Waals surface area contributed by atoms with Crippen LogP contribution in [0.4, 0.5) is 0 Å². The number of nitrogens with two attached hydrogens (primary N) is 1. The Morgan fingerprint density at radius 2 is 2.00 bits per heavy atom. The lowest BCUT2D eigenvalue weighted by molar-refractivity contribution is 0.815. The second kappa shape index (κ2) is 4.79. The third-order valence-electron chi connectivity index (χ3n) is 2.20. The largest absolute Gasteiger partial charge is 0.324 e. The lowest BCUT2D eigenvalue weighted by Gasteiger charge is -2.08. The number of nitrogens with zero attached hydrogens (tertiary/aromatic N) is 1. The Morgan fingerprint density at radius 3 is 2.67 bits per heavy atom. The number of fused-ring (bicyclic) bond motifs is 1. The Morgan fingerprint density at radius 1 is 1.33 bits per heavy atom. The Balaban J connectivity index is 0.00000112. The first kappa shape index (κ1) is 12.2. The van der Waals surface area contributed by atoms with E-state index in [9.17, 15) is 0 Å². The summed E-state index contributed by atoms with van der Waals surface area (Å²) >= 11 is 6.01. The highest BCUT2D eigenvalue weighted by Crippen LogP contribution is 2.23. The van der Waals surface area contributed by atoms with Gasteiger partial charge in [0.25, 0.3) is 0 Å². The Hall–Kier alpha value is -0.830. The minimum absolute atomic E-state index is 0. The molecular formula is C11H12Cl2N2. The van der Waals surface area contributed by atoms with E-state index in [0.29, 0.717) is 5.15 Å². The van der Waals surface area contributed by atoms with Crippen molar-refractivity contribution in [2.24, 2.45) is 5.73 Å². The van der Waals surface area contributed by atoms with Crippen molar-refractivity contribution in [1.29, 1.82) is 0 Å². The van der Waals surface area contributed by atoms with Gasteiger partial charge < -0.3 is 5.73 Å². The minimum atomic E-state index is -0.0837. The molecular weight excluding hydrogens is 231 g/mol. The van der Waals surface area contributed by atoms with Crippen molar-refractivity contribution < 1.29 is 0 Å². The molecule has 1 atom stereocenters. The van der Waals surface area contributed by atoms with Crippen LogP contribution in [0.5, 0.6) is 0 Å². The maximum absolute atomic E-state index is 6.01. The lowest BCUT2D eigenvalue weighted by Crippen LogP contribution is -2.06. The highest BCUT2D eigenvalue weighted by atomic mass is 35.5. The average molecular weight is 243 g/mol. The molecule has 0 aliphatic heterocycles. The van der Waals surface area contributed by atoms with Crippen LogP contribution in [0.15, 0.2) is 30.3 Å². The first-order valence-electron chi connectivity index (χ1n) is 4.49. The van der Waals surface area contributed by atoms with E-state index in [1.807, 2.05) is 37.3 Å². The van der Waals surface area contributed by atoms with E-state index < -0.39 is 0 Å². The fourth-order valence-electron chi connectivity index (χ4n) is 1.43. The molecule has 0 bridgehead atoms. The monoisotopic (exact) mass is 242 g/mol. The summed E-state index contributed by atoms with van der Waals surface area (Å²) in [6, 6.07) is 9.77. The smallest absolute Gasteiger partial charge is 0.134 e. The third-order valence-corrected chi connectivity index (χ3v) is 2.50. The molecule has 15 heavy (non-hydrogen) atoms. The van der Waals surface area contributed by atoms with Crippen LogP contribution in [0.1, 0.15) is 18.5 Å². The van der Waals surface area contributed by atoms with Crippen molar-refractivity contribution in [3.05, 3.63) is 41.0 Å². The van der Waals surface area contributed by atoms with Crippen molar-refractivity contribution in [3.8, 4) is 0 Å². The van der Waals surface area contributed by atoms with Gasteiger partial charge in [0.05, 0.1) is 5.52 Å². The van der Waals surface area contributed by atoms with Crippen LogP contribution in [0.25, 0.3) is 10.9 Å². The van der Waals surface area contributed by atoms with Gasteiger partial charge in [0.15, 0.2) is 0 Å². The van der Waals surface area contributed by atoms with E-state index in [1.165, 1.54) is 0 Å². The molecule has 4 heteroatoms. The van der Waals surface area contributed by atoms with E-state index in [2.05, 4.69) is 4.98 Å². The van der Waals surface area contributed by atoms with Crippen LogP contribution in [0.3, 0.4) is 0 Å². The van der Waals surface area contributed by atoms with Crippen LogP contribution in [0, 0.1) is 0 Å². The topological polar surface area (TPSA) is 38.9 Å². The highest BCUT2D eigenvalue weighted by molar-refractivity contribution is 6.30. The summed E-state index contributed by atoms with van der Waals surface area (Å²) in [4.78, 5) is 4.28. The minimum Gasteiger partial charge on any atom is -0.324 e. The standard InChI is InChI=1S/C11H11ClN2.ClH/c1-7(13)9-6-8-4-2-3-5-10(8)14-11(9)12;/h2-7H,13H2,1H3;1H/t7-;/m0./s1. The van der Waals surface area contributed by atoms with Gasteiger partial charge >= 0.3 is 0 Å². The quantitative estimate of drug-likeness (QED) is 0.780. The first-order valence-corrected chi connectivity index (χ1v) is 4.87. The summed E-state index contributed by atoms with van der Waals surface area (Å²) < 4.78 is 0. The van der Waals surface area contributed by atoms with Crippen molar-refractivity contribution in [1.82, 2.24) is 4.98 Å². The predicted octanol–water partition coefficient (Wildman–Crippen LogP) is 3.33. The molecule has 0 radical (unpaired) electrons. The van der Waals surface area contributed by atoms with E-state index in [0.717, 1.165) is 16.5 Å². The van der Waals surface area contributed by atoms with Crippen molar-refractivity contribution in [2.45, 2.75) is 13.0 Å². The molecule has 0 saturated carbocycles. The highest BCUT2D eigenvalue weighted by Gasteiger charge is 2.07. The van der Waals surface area contributed by atoms with Gasteiger partial charge in [0.1, 0.15) is 5.15 Å². The molecule has 0 spiro atoms. The van der Waals surface area contributed by atoms with Crippen molar-refractivity contribution in [2.75, 3.05) is 0 Å². The van der Waals surface area contributed by atoms with Gasteiger partial charge in [-0.05, 0) is 19.1 Å². The van der Waals surface area contributed by atoms with Crippen LogP contribution in [-0.2, 0) is 0 Å². The molecule has 2 N–H and O–H groups in total. The molecule has 2 rings (SSSR count). The van der Waals surface area contributed by atoms with E-state index in [1.54, 1.807) is 0 Å². The molecule has 0 aliphatic carbocycles. The number of hydrogen-bond acceptors (Lipinski definition) is 2. The Labute approximate surface area is 99.9 Å². The maximum Gasteiger partial charge on any atom is 0.134 e. The summed E-state index contributed by atoms with van der Waals surface area (Å²) in [5.74, 6) is 0. The van der Waals surface area contributed by atoms with Gasteiger partial charge in [-0.25, -0.2) is 4.98 Å². The van der Waals surface area contributed by atoms with Gasteiger partial charge in [-0.2, -0.15) is 0 Å². The van der Waals surface area contributed by atoms with Gasteiger partial charge in [0.2, 0.25) is 0 Å². The number of rotatable bonds is 1. The zero-order valence-corrected chi connectivity index (χ0v) is 9.85. The molecule has 0 fully saturated rings. The van der Waals surface area contributed by atoms with Gasteiger partial charge in [-0.3, -0.25) is 0 Å². The molecule has 1 aromatic carbocycles. The summed E-state index contributed by atoms with van der Waals surface area (Å²) in [6.45, 7) is 1.90. The van der Waals surface area contributed by atoms with Gasteiger partial charge in [0, 0.05) is 17.0 Å². The number of hydrogen-bond donors (Lipinski definition) is 1. The SMILES string of the molecule is C[C@H](N)c1cc2ccccc2nc1Cl.Cl. The predicted molar refractivity (Wildman–Crippen MR) is 66.6 cm³/mol. The third kappa shape index (κ3) is 2.40. The number of pyridine rings is 1. The Bertz CT molecular complexity index is 469. The molecule has 0 amide bonds. The number of para-hydroxylation sites is 1. The van der Waals surface area contributed by atoms with E-state index in [-0.39, 0.29) is 18.4 Å². The molecule has 0 saturated heterocycles. The zero-order valence-electron chi connectivity index (χ0n) is 8.27. The fraction of sp³-hybridized carbons (Fsp3) is 0.182. The summed E-state index contributed by atoms with van der Waals surface area (Å²) in [5, 5.41) is 1.57. The average Bonchev–Trinajstić information content (AvgIpc) is 2.16. The van der Waals surface area contributed by atoms with Crippen molar-refractivity contribution in [3.63, 3.8) is 0 Å². The van der Waals surface area contributed by atoms with Crippen LogP contribution < -0.4 is 5.73 Å². The van der Waals surface area contributed by atoms with E-state index >= 15 is 0 Å². The molecule has 0 aliphatic rings. The molecule has 0 unspecified atom stereocenters.